The molecule has 3 heteroatoms. The first-order valence-electron chi connectivity index (χ1n) is 7.70. The summed E-state index contributed by atoms with van der Waals surface area (Å²) in [6.07, 6.45) is 2.02. The van der Waals surface area contributed by atoms with Crippen LogP contribution in [0, 0.1) is 6.92 Å². The molecule has 0 heterocycles. The molecule has 1 atom stereocenters. The van der Waals surface area contributed by atoms with E-state index in [2.05, 4.69) is 26.1 Å². The lowest BCUT2D eigenvalue weighted by Gasteiger charge is -2.28. The lowest BCUT2D eigenvalue weighted by molar-refractivity contribution is 0.0701. The highest BCUT2D eigenvalue weighted by atomic mass is 16.2. The number of nitrogens with zero attached hydrogens (tertiary/aromatic N) is 1. The average Bonchev–Trinajstić information content (AvgIpc) is 2.46. The average molecular weight is 276 g/mol. The number of rotatable bonds is 7. The van der Waals surface area contributed by atoms with Crippen molar-refractivity contribution in [3.8, 4) is 0 Å². The Balaban J connectivity index is 3.08. The van der Waals surface area contributed by atoms with Crippen molar-refractivity contribution in [2.45, 2.75) is 53.5 Å². The van der Waals surface area contributed by atoms with Gasteiger partial charge in [-0.25, -0.2) is 0 Å². The second-order valence-corrected chi connectivity index (χ2v) is 5.32. The van der Waals surface area contributed by atoms with Gasteiger partial charge >= 0.3 is 0 Å². The van der Waals surface area contributed by atoms with Crippen LogP contribution in [0.2, 0.25) is 0 Å². The molecule has 1 unspecified atom stereocenters. The minimum atomic E-state index is 0.129. The Bertz CT molecular complexity index is 443. The first kappa shape index (κ1) is 16.5. The summed E-state index contributed by atoms with van der Waals surface area (Å²) in [5, 5.41) is 3.36. The number of aryl methyl sites for hydroxylation is 1. The van der Waals surface area contributed by atoms with Crippen molar-refractivity contribution in [2.75, 3.05) is 18.4 Å². The summed E-state index contributed by atoms with van der Waals surface area (Å²) in [6.45, 7) is 12.1. The monoisotopic (exact) mass is 276 g/mol. The third-order valence-electron chi connectivity index (χ3n) is 3.70. The smallest absolute Gasteiger partial charge is 0.256 e. The Morgan fingerprint density at radius 2 is 2.00 bits per heavy atom. The fourth-order valence-electron chi connectivity index (χ4n) is 2.28. The second-order valence-electron chi connectivity index (χ2n) is 5.32. The number of carbonyl (C=O) groups excluding carboxylic acids is 1. The zero-order valence-electron chi connectivity index (χ0n) is 13.5. The summed E-state index contributed by atoms with van der Waals surface area (Å²) in [5.41, 5.74) is 2.86. The minimum Gasteiger partial charge on any atom is -0.384 e. The summed E-state index contributed by atoms with van der Waals surface area (Å²) in [4.78, 5) is 14.7. The number of benzene rings is 1. The molecule has 3 nitrogen and oxygen atoms in total. The molecule has 1 rings (SSSR count). The van der Waals surface area contributed by atoms with E-state index in [1.54, 1.807) is 0 Å². The van der Waals surface area contributed by atoms with Gasteiger partial charge in [-0.3, -0.25) is 4.79 Å². The molecule has 0 bridgehead atoms. The molecule has 20 heavy (non-hydrogen) atoms. The van der Waals surface area contributed by atoms with Crippen LogP contribution in [0.15, 0.2) is 18.2 Å². The number of carbonyl (C=O) groups is 1. The van der Waals surface area contributed by atoms with Crippen molar-refractivity contribution >= 4 is 11.6 Å². The number of nitrogens with one attached hydrogen (secondary N) is 1. The van der Waals surface area contributed by atoms with E-state index < -0.39 is 0 Å². The van der Waals surface area contributed by atoms with Gasteiger partial charge in [-0.15, -0.1) is 0 Å². The molecule has 112 valence electrons. The maximum atomic E-state index is 12.8. The SMILES string of the molecule is CCCNc1ccc(C)cc1C(=O)N(CC)C(C)CC. The van der Waals surface area contributed by atoms with E-state index in [1.807, 2.05) is 36.9 Å². The third-order valence-corrected chi connectivity index (χ3v) is 3.70. The molecule has 1 amide bonds. The van der Waals surface area contributed by atoms with Gasteiger partial charge in [0, 0.05) is 24.8 Å². The molecular formula is C17H28N2O. The molecule has 0 saturated carbocycles. The molecule has 1 aromatic rings. The van der Waals surface area contributed by atoms with Crippen LogP contribution in [0.4, 0.5) is 5.69 Å². The Morgan fingerprint density at radius 1 is 1.30 bits per heavy atom. The molecular weight excluding hydrogens is 248 g/mol. The molecule has 0 saturated heterocycles. The largest absolute Gasteiger partial charge is 0.384 e. The van der Waals surface area contributed by atoms with Gasteiger partial charge in [0.2, 0.25) is 0 Å². The number of hydrogen-bond donors (Lipinski definition) is 1. The van der Waals surface area contributed by atoms with Crippen LogP contribution in [-0.2, 0) is 0 Å². The third kappa shape index (κ3) is 3.99. The van der Waals surface area contributed by atoms with E-state index >= 15 is 0 Å². The fourth-order valence-corrected chi connectivity index (χ4v) is 2.28. The predicted octanol–water partition coefficient (Wildman–Crippen LogP) is 4.08. The quantitative estimate of drug-likeness (QED) is 0.814. The number of anilines is 1. The van der Waals surface area contributed by atoms with Crippen LogP contribution in [0.1, 0.15) is 56.5 Å². The highest BCUT2D eigenvalue weighted by Gasteiger charge is 2.21. The molecule has 0 aliphatic carbocycles. The van der Waals surface area contributed by atoms with Gasteiger partial charge in [0.05, 0.1) is 5.56 Å². The van der Waals surface area contributed by atoms with Crippen molar-refractivity contribution in [3.63, 3.8) is 0 Å². The summed E-state index contributed by atoms with van der Waals surface area (Å²) in [5.74, 6) is 0.129. The van der Waals surface area contributed by atoms with Crippen LogP contribution in [0.5, 0.6) is 0 Å². The number of hydrogen-bond acceptors (Lipinski definition) is 2. The van der Waals surface area contributed by atoms with Gasteiger partial charge < -0.3 is 10.2 Å². The first-order valence-corrected chi connectivity index (χ1v) is 7.70. The van der Waals surface area contributed by atoms with Crippen molar-refractivity contribution in [1.82, 2.24) is 4.90 Å². The molecule has 1 N–H and O–H groups in total. The van der Waals surface area contributed by atoms with E-state index in [1.165, 1.54) is 0 Å². The molecule has 0 aliphatic heterocycles. The molecule has 0 spiro atoms. The van der Waals surface area contributed by atoms with E-state index in [9.17, 15) is 4.79 Å². The lowest BCUT2D eigenvalue weighted by Crippen LogP contribution is -2.38. The Hall–Kier alpha value is -1.51. The topological polar surface area (TPSA) is 32.3 Å². The zero-order chi connectivity index (χ0) is 15.1. The van der Waals surface area contributed by atoms with E-state index in [-0.39, 0.29) is 11.9 Å². The van der Waals surface area contributed by atoms with Crippen molar-refractivity contribution in [1.29, 1.82) is 0 Å². The molecule has 0 aliphatic rings. The molecule has 0 aromatic heterocycles. The fraction of sp³-hybridized carbons (Fsp3) is 0.588. The molecule has 0 fully saturated rings. The van der Waals surface area contributed by atoms with E-state index in [4.69, 9.17) is 0 Å². The highest BCUT2D eigenvalue weighted by molar-refractivity contribution is 6.00. The summed E-state index contributed by atoms with van der Waals surface area (Å²) >= 11 is 0. The van der Waals surface area contributed by atoms with Crippen LogP contribution >= 0.6 is 0 Å². The van der Waals surface area contributed by atoms with E-state index in [0.29, 0.717) is 0 Å². The zero-order valence-corrected chi connectivity index (χ0v) is 13.5. The summed E-state index contributed by atoms with van der Waals surface area (Å²) in [6, 6.07) is 6.33. The highest BCUT2D eigenvalue weighted by Crippen LogP contribution is 2.21. The van der Waals surface area contributed by atoms with Gasteiger partial charge in [0.1, 0.15) is 0 Å². The Morgan fingerprint density at radius 3 is 2.55 bits per heavy atom. The summed E-state index contributed by atoms with van der Waals surface area (Å²) < 4.78 is 0. The predicted molar refractivity (Wildman–Crippen MR) is 86.4 cm³/mol. The Kier molecular flexibility index (Phi) is 6.56. The number of amides is 1. The van der Waals surface area contributed by atoms with Crippen molar-refractivity contribution in [2.24, 2.45) is 0 Å². The van der Waals surface area contributed by atoms with Gasteiger partial charge in [-0.2, -0.15) is 0 Å². The van der Waals surface area contributed by atoms with Crippen molar-refractivity contribution in [3.05, 3.63) is 29.3 Å². The van der Waals surface area contributed by atoms with Crippen LogP contribution in [0.3, 0.4) is 0 Å². The van der Waals surface area contributed by atoms with Crippen molar-refractivity contribution < 1.29 is 4.79 Å². The van der Waals surface area contributed by atoms with Gasteiger partial charge in [-0.05, 0) is 45.7 Å². The van der Waals surface area contributed by atoms with Gasteiger partial charge in [0.15, 0.2) is 0 Å². The summed E-state index contributed by atoms with van der Waals surface area (Å²) in [7, 11) is 0. The second kappa shape index (κ2) is 7.93. The normalized spacial score (nSPS) is 12.1. The minimum absolute atomic E-state index is 0.129. The maximum Gasteiger partial charge on any atom is 0.256 e. The standard InChI is InChI=1S/C17H28N2O/c1-6-11-18-16-10-9-13(4)12-15(16)17(20)19(8-3)14(5)7-2/h9-10,12,14,18H,6-8,11H2,1-5H3. The molecule has 0 radical (unpaired) electrons. The van der Waals surface area contributed by atoms with Gasteiger partial charge in [0.25, 0.3) is 5.91 Å². The van der Waals surface area contributed by atoms with Crippen LogP contribution < -0.4 is 5.32 Å². The maximum absolute atomic E-state index is 12.8. The van der Waals surface area contributed by atoms with Crippen LogP contribution in [-0.4, -0.2) is 29.9 Å². The Labute approximate surface area is 123 Å². The molecule has 1 aromatic carbocycles. The van der Waals surface area contributed by atoms with Crippen LogP contribution in [0.25, 0.3) is 0 Å². The van der Waals surface area contributed by atoms with Gasteiger partial charge in [-0.1, -0.05) is 25.5 Å². The first-order chi connectivity index (χ1) is 9.54. The lowest BCUT2D eigenvalue weighted by atomic mass is 10.1. The van der Waals surface area contributed by atoms with E-state index in [0.717, 1.165) is 42.7 Å².